The number of piperidine rings is 2. The molecular formula is C27H37FN5O+. The molecule has 1 aromatic carbocycles. The van der Waals surface area contributed by atoms with Gasteiger partial charge in [-0.25, -0.2) is 9.37 Å². The highest BCUT2D eigenvalue weighted by Gasteiger charge is 2.51. The molecule has 3 aliphatic heterocycles. The molecule has 1 aromatic heterocycles. The number of carbonyl (C=O) groups is 1. The van der Waals surface area contributed by atoms with Crippen molar-refractivity contribution in [3.05, 3.63) is 47.9 Å². The molecule has 3 atom stereocenters. The van der Waals surface area contributed by atoms with E-state index >= 15 is 0 Å². The second-order valence-electron chi connectivity index (χ2n) is 10.4. The molecule has 2 aromatic rings. The molecule has 0 aliphatic carbocycles. The minimum absolute atomic E-state index is 0.167. The van der Waals surface area contributed by atoms with Crippen LogP contribution in [0.4, 0.5) is 21.6 Å². The molecule has 1 amide bonds. The van der Waals surface area contributed by atoms with Gasteiger partial charge in [-0.2, -0.15) is 0 Å². The third-order valence-electron chi connectivity index (χ3n) is 8.34. The average Bonchev–Trinajstić information content (AvgIpc) is 3.22. The van der Waals surface area contributed by atoms with Crippen LogP contribution in [0.5, 0.6) is 0 Å². The summed E-state index contributed by atoms with van der Waals surface area (Å²) in [6, 6.07) is 10.7. The van der Waals surface area contributed by atoms with Crippen LogP contribution < -0.4 is 20.0 Å². The first kappa shape index (κ1) is 23.1. The molecule has 5 rings (SSSR count). The number of nitrogens with zero attached hydrogens (tertiary/aromatic N) is 4. The van der Waals surface area contributed by atoms with E-state index in [9.17, 15) is 9.18 Å². The van der Waals surface area contributed by atoms with Gasteiger partial charge in [0.2, 0.25) is 11.7 Å². The number of likely N-dealkylation sites (tertiary alicyclic amines) is 1. The monoisotopic (exact) mass is 466 g/mol. The quantitative estimate of drug-likeness (QED) is 0.654. The fraction of sp³-hybridized carbons (Fsp3) is 0.556. The van der Waals surface area contributed by atoms with Crippen molar-refractivity contribution < 1.29 is 9.18 Å². The fourth-order valence-corrected chi connectivity index (χ4v) is 6.45. The molecule has 3 saturated heterocycles. The zero-order chi connectivity index (χ0) is 23.7. The highest BCUT2D eigenvalue weighted by atomic mass is 19.1. The highest BCUT2D eigenvalue weighted by molar-refractivity contribution is 5.74. The summed E-state index contributed by atoms with van der Waals surface area (Å²) in [5.41, 5.74) is 8.23. The van der Waals surface area contributed by atoms with Gasteiger partial charge in [0.1, 0.15) is 11.9 Å². The van der Waals surface area contributed by atoms with Gasteiger partial charge < -0.3 is 15.5 Å². The Labute approximate surface area is 202 Å². The number of anilines is 2. The van der Waals surface area contributed by atoms with Gasteiger partial charge in [0.05, 0.1) is 19.6 Å². The van der Waals surface area contributed by atoms with Crippen molar-refractivity contribution in [2.45, 2.75) is 63.5 Å². The molecule has 3 aliphatic rings. The molecule has 0 bridgehead atoms. The number of amides is 1. The molecule has 7 heteroatoms. The Morgan fingerprint density at radius 3 is 2.71 bits per heavy atom. The summed E-state index contributed by atoms with van der Waals surface area (Å²) in [7, 11) is 2.35. The van der Waals surface area contributed by atoms with Gasteiger partial charge in [-0.3, -0.25) is 9.28 Å². The average molecular weight is 467 g/mol. The Morgan fingerprint density at radius 2 is 1.91 bits per heavy atom. The number of rotatable bonds is 6. The largest absolute Gasteiger partial charge is 0.371 e. The summed E-state index contributed by atoms with van der Waals surface area (Å²) >= 11 is 0. The predicted molar refractivity (Wildman–Crippen MR) is 136 cm³/mol. The van der Waals surface area contributed by atoms with Gasteiger partial charge in [-0.1, -0.05) is 0 Å². The standard InChI is InChI=1S/C27H36FN5O/c1-33(27-19-21(11-13-30-27)31-14-3-2-4-15-31)17-12-24-25(33)6-5-16-32(24)22-8-9-23(28)20(18-22)7-10-26(29)34/h8-9,11,13,18-19,24-25H,2-7,10,12,14-17H2,1H3,(H-,29,34)/p+1. The van der Waals surface area contributed by atoms with E-state index in [2.05, 4.69) is 29.0 Å². The number of likely N-dealkylation sites (N-methyl/N-ethyl adjacent to an activating group) is 1. The van der Waals surface area contributed by atoms with E-state index < -0.39 is 5.91 Å². The number of aromatic nitrogens is 1. The first-order valence-corrected chi connectivity index (χ1v) is 12.9. The van der Waals surface area contributed by atoms with Crippen molar-refractivity contribution in [2.75, 3.05) is 43.0 Å². The van der Waals surface area contributed by atoms with Gasteiger partial charge in [-0.15, -0.1) is 0 Å². The minimum Gasteiger partial charge on any atom is -0.371 e. The smallest absolute Gasteiger partial charge is 0.229 e. The van der Waals surface area contributed by atoms with Crippen molar-refractivity contribution in [3.63, 3.8) is 0 Å². The highest BCUT2D eigenvalue weighted by Crippen LogP contribution is 2.41. The number of hydrogen-bond acceptors (Lipinski definition) is 4. The minimum atomic E-state index is -0.397. The van der Waals surface area contributed by atoms with Gasteiger partial charge in [-0.05, 0) is 61.9 Å². The summed E-state index contributed by atoms with van der Waals surface area (Å²) in [5.74, 6) is 0.508. The number of nitrogens with two attached hydrogens (primary N) is 1. The Kier molecular flexibility index (Phi) is 6.47. The molecule has 34 heavy (non-hydrogen) atoms. The molecule has 2 N–H and O–H groups in total. The second kappa shape index (κ2) is 9.53. The number of halogens is 1. The number of hydrogen-bond donors (Lipinski definition) is 1. The number of carbonyl (C=O) groups excluding carboxylic acids is 1. The van der Waals surface area contributed by atoms with Crippen molar-refractivity contribution >= 4 is 23.1 Å². The third kappa shape index (κ3) is 4.38. The summed E-state index contributed by atoms with van der Waals surface area (Å²) < 4.78 is 15.3. The zero-order valence-electron chi connectivity index (χ0n) is 20.3. The number of benzene rings is 1. The van der Waals surface area contributed by atoms with Crippen LogP contribution in [-0.2, 0) is 11.2 Å². The number of quaternary nitrogens is 1. The Bertz CT molecular complexity index is 1040. The zero-order valence-corrected chi connectivity index (χ0v) is 20.3. The van der Waals surface area contributed by atoms with E-state index in [1.54, 1.807) is 6.07 Å². The van der Waals surface area contributed by atoms with Crippen LogP contribution in [-0.4, -0.2) is 56.2 Å². The molecule has 0 spiro atoms. The Hall–Kier alpha value is -2.67. The maximum atomic E-state index is 14.4. The summed E-state index contributed by atoms with van der Waals surface area (Å²) in [5, 5.41) is 0. The number of fused-ring (bicyclic) bond motifs is 1. The van der Waals surface area contributed by atoms with Gasteiger partial charge in [0, 0.05) is 62.5 Å². The Balaban J connectivity index is 1.39. The summed E-state index contributed by atoms with van der Waals surface area (Å²) in [6.45, 7) is 4.30. The molecule has 3 unspecified atom stereocenters. The van der Waals surface area contributed by atoms with E-state index in [0.29, 0.717) is 24.1 Å². The van der Waals surface area contributed by atoms with Crippen LogP contribution in [0.2, 0.25) is 0 Å². The summed E-state index contributed by atoms with van der Waals surface area (Å²) in [4.78, 5) is 21.1. The number of pyridine rings is 1. The van der Waals surface area contributed by atoms with Crippen LogP contribution in [0.15, 0.2) is 36.5 Å². The normalized spacial score (nSPS) is 27.0. The number of primary amides is 1. The van der Waals surface area contributed by atoms with E-state index in [4.69, 9.17) is 10.7 Å². The van der Waals surface area contributed by atoms with E-state index in [0.717, 1.165) is 49.2 Å². The predicted octanol–water partition coefficient (Wildman–Crippen LogP) is 4.01. The molecule has 0 radical (unpaired) electrons. The maximum Gasteiger partial charge on any atom is 0.229 e. The van der Waals surface area contributed by atoms with Crippen molar-refractivity contribution in [2.24, 2.45) is 5.73 Å². The second-order valence-corrected chi connectivity index (χ2v) is 10.4. The van der Waals surface area contributed by atoms with Crippen molar-refractivity contribution in [1.82, 2.24) is 9.47 Å². The van der Waals surface area contributed by atoms with Crippen LogP contribution in [0, 0.1) is 5.82 Å². The molecular weight excluding hydrogens is 429 g/mol. The SMILES string of the molecule is C[N+]1(c2cc(N3CCCCC3)ccn2)CCC2C1CCCN2c1ccc(F)c(CCC(N)=O)c1. The third-order valence-corrected chi connectivity index (χ3v) is 8.34. The van der Waals surface area contributed by atoms with Crippen LogP contribution in [0.25, 0.3) is 0 Å². The fourth-order valence-electron chi connectivity index (χ4n) is 6.45. The maximum absolute atomic E-state index is 14.4. The lowest BCUT2D eigenvalue weighted by molar-refractivity contribution is -0.117. The van der Waals surface area contributed by atoms with Crippen LogP contribution >= 0.6 is 0 Å². The van der Waals surface area contributed by atoms with E-state index in [-0.39, 0.29) is 12.2 Å². The van der Waals surface area contributed by atoms with Gasteiger partial charge in [0.15, 0.2) is 0 Å². The summed E-state index contributed by atoms with van der Waals surface area (Å²) in [6.07, 6.45) is 9.73. The van der Waals surface area contributed by atoms with Crippen LogP contribution in [0.1, 0.15) is 50.5 Å². The van der Waals surface area contributed by atoms with E-state index in [1.165, 1.54) is 37.2 Å². The molecule has 0 saturated carbocycles. The first-order chi connectivity index (χ1) is 16.5. The van der Waals surface area contributed by atoms with Crippen molar-refractivity contribution in [3.8, 4) is 0 Å². The number of aryl methyl sites for hydroxylation is 1. The lowest BCUT2D eigenvalue weighted by Gasteiger charge is -2.44. The molecule has 182 valence electrons. The molecule has 4 heterocycles. The first-order valence-electron chi connectivity index (χ1n) is 12.9. The van der Waals surface area contributed by atoms with Gasteiger partial charge in [0.25, 0.3) is 0 Å². The molecule has 3 fully saturated rings. The Morgan fingerprint density at radius 1 is 1.09 bits per heavy atom. The van der Waals surface area contributed by atoms with Crippen LogP contribution in [0.3, 0.4) is 0 Å². The lowest BCUT2D eigenvalue weighted by Crippen LogP contribution is -2.58. The van der Waals surface area contributed by atoms with Gasteiger partial charge >= 0.3 is 0 Å². The lowest BCUT2D eigenvalue weighted by atomic mass is 9.94. The molecule has 6 nitrogen and oxygen atoms in total. The van der Waals surface area contributed by atoms with Crippen molar-refractivity contribution in [1.29, 1.82) is 0 Å². The van der Waals surface area contributed by atoms with E-state index in [1.807, 2.05) is 18.3 Å². The topological polar surface area (TPSA) is 62.5 Å².